The van der Waals surface area contributed by atoms with Crippen LogP contribution in [-0.4, -0.2) is 18.4 Å². The highest BCUT2D eigenvalue weighted by Gasteiger charge is 2.13. The molecule has 3 rings (SSSR count). The fourth-order valence-electron chi connectivity index (χ4n) is 2.47. The first-order chi connectivity index (χ1) is 13.4. The monoisotopic (exact) mass is 480 g/mol. The molecule has 2 amide bonds. The van der Waals surface area contributed by atoms with E-state index in [0.29, 0.717) is 38.6 Å². The summed E-state index contributed by atoms with van der Waals surface area (Å²) in [4.78, 5) is 25.2. The zero-order valence-corrected chi connectivity index (χ0v) is 17.6. The van der Waals surface area contributed by atoms with Crippen LogP contribution in [0.15, 0.2) is 58.4 Å². The lowest BCUT2D eigenvalue weighted by molar-refractivity contribution is 0.0952. The van der Waals surface area contributed by atoms with E-state index in [1.54, 1.807) is 41.8 Å². The number of halogens is 3. The van der Waals surface area contributed by atoms with Crippen LogP contribution in [0.5, 0.6) is 0 Å². The van der Waals surface area contributed by atoms with Gasteiger partial charge in [0.25, 0.3) is 11.8 Å². The van der Waals surface area contributed by atoms with Gasteiger partial charge in [-0.25, -0.2) is 4.39 Å². The summed E-state index contributed by atoms with van der Waals surface area (Å²) in [7, 11) is 0. The molecule has 1 aromatic heterocycles. The van der Waals surface area contributed by atoms with Crippen LogP contribution < -0.4 is 10.6 Å². The molecule has 0 saturated heterocycles. The highest BCUT2D eigenvalue weighted by atomic mass is 79.9. The van der Waals surface area contributed by atoms with Crippen molar-refractivity contribution in [1.82, 2.24) is 5.32 Å². The molecule has 0 aliphatic carbocycles. The Kier molecular flexibility index (Phi) is 6.83. The number of hydrogen-bond acceptors (Lipinski definition) is 3. The van der Waals surface area contributed by atoms with E-state index in [9.17, 15) is 14.0 Å². The minimum Gasteiger partial charge on any atom is -0.352 e. The van der Waals surface area contributed by atoms with Crippen LogP contribution in [0.1, 0.15) is 25.6 Å². The SMILES string of the molecule is O=C(NCCc1ccc(F)c(Br)c1)c1ccc(Cl)c(NC(=O)c2cccs2)c1. The first-order valence-electron chi connectivity index (χ1n) is 8.30. The van der Waals surface area contributed by atoms with Gasteiger partial charge in [-0.05, 0) is 69.7 Å². The number of nitrogens with one attached hydrogen (secondary N) is 2. The van der Waals surface area contributed by atoms with Gasteiger partial charge in [-0.1, -0.05) is 23.7 Å². The van der Waals surface area contributed by atoms with Gasteiger partial charge in [0.1, 0.15) is 5.82 Å². The van der Waals surface area contributed by atoms with E-state index >= 15 is 0 Å². The summed E-state index contributed by atoms with van der Waals surface area (Å²) in [5.41, 5.74) is 1.65. The van der Waals surface area contributed by atoms with Gasteiger partial charge >= 0.3 is 0 Å². The average molecular weight is 482 g/mol. The van der Waals surface area contributed by atoms with E-state index in [0.717, 1.165) is 5.56 Å². The summed E-state index contributed by atoms with van der Waals surface area (Å²) < 4.78 is 13.7. The van der Waals surface area contributed by atoms with Gasteiger partial charge in [0.05, 0.1) is 20.1 Å². The Morgan fingerprint density at radius 1 is 1.11 bits per heavy atom. The standard InChI is InChI=1S/C20H15BrClFN2O2S/c21-14-10-12(3-6-16(14)23)7-8-24-19(26)13-4-5-15(22)17(11-13)25-20(27)18-2-1-9-28-18/h1-6,9-11H,7-8H2,(H,24,26)(H,25,27). The largest absolute Gasteiger partial charge is 0.352 e. The normalized spacial score (nSPS) is 10.5. The van der Waals surface area contributed by atoms with Gasteiger partial charge in [-0.3, -0.25) is 9.59 Å². The Morgan fingerprint density at radius 3 is 2.64 bits per heavy atom. The molecular weight excluding hydrogens is 467 g/mol. The number of rotatable bonds is 6. The highest BCUT2D eigenvalue weighted by molar-refractivity contribution is 9.10. The van der Waals surface area contributed by atoms with Crippen molar-refractivity contribution in [2.45, 2.75) is 6.42 Å². The summed E-state index contributed by atoms with van der Waals surface area (Å²) in [6.45, 7) is 0.385. The molecule has 4 nitrogen and oxygen atoms in total. The maximum Gasteiger partial charge on any atom is 0.265 e. The second-order valence-corrected chi connectivity index (χ2v) is 8.09. The molecule has 0 spiro atoms. The molecule has 0 atom stereocenters. The van der Waals surface area contributed by atoms with Crippen LogP contribution in [0.4, 0.5) is 10.1 Å². The summed E-state index contributed by atoms with van der Waals surface area (Å²) in [6.07, 6.45) is 0.556. The summed E-state index contributed by atoms with van der Waals surface area (Å²) in [5.74, 6) is -0.896. The van der Waals surface area contributed by atoms with Crippen LogP contribution >= 0.6 is 38.9 Å². The number of benzene rings is 2. The number of hydrogen-bond donors (Lipinski definition) is 2. The van der Waals surface area contributed by atoms with Gasteiger partial charge < -0.3 is 10.6 Å². The van der Waals surface area contributed by atoms with Crippen molar-refractivity contribution in [1.29, 1.82) is 0 Å². The van der Waals surface area contributed by atoms with Crippen LogP contribution in [0.2, 0.25) is 5.02 Å². The van der Waals surface area contributed by atoms with Crippen molar-refractivity contribution in [3.8, 4) is 0 Å². The van der Waals surface area contributed by atoms with Crippen LogP contribution in [0.25, 0.3) is 0 Å². The Morgan fingerprint density at radius 2 is 1.93 bits per heavy atom. The Hall–Kier alpha value is -2.22. The molecule has 0 aliphatic rings. The van der Waals surface area contributed by atoms with Gasteiger partial charge in [0, 0.05) is 12.1 Å². The molecule has 3 aromatic rings. The summed E-state index contributed by atoms with van der Waals surface area (Å²) in [5, 5.41) is 7.68. The van der Waals surface area contributed by atoms with E-state index in [-0.39, 0.29) is 17.6 Å². The van der Waals surface area contributed by atoms with Gasteiger partial charge in [0.15, 0.2) is 0 Å². The number of thiophene rings is 1. The van der Waals surface area contributed by atoms with Gasteiger partial charge in [0.2, 0.25) is 0 Å². The van der Waals surface area contributed by atoms with Crippen LogP contribution in [0, 0.1) is 5.82 Å². The predicted octanol–water partition coefficient (Wildman–Crippen LogP) is 5.53. The van der Waals surface area contributed by atoms with Gasteiger partial charge in [-0.15, -0.1) is 11.3 Å². The molecule has 1 heterocycles. The summed E-state index contributed by atoms with van der Waals surface area (Å²) >= 11 is 10.6. The molecule has 28 heavy (non-hydrogen) atoms. The number of carbonyl (C=O) groups is 2. The third kappa shape index (κ3) is 5.19. The fraction of sp³-hybridized carbons (Fsp3) is 0.100. The first kappa shape index (κ1) is 20.5. The third-order valence-corrected chi connectivity index (χ3v) is 5.71. The average Bonchev–Trinajstić information content (AvgIpc) is 3.21. The van der Waals surface area contributed by atoms with Gasteiger partial charge in [-0.2, -0.15) is 0 Å². The number of carbonyl (C=O) groups excluding carboxylic acids is 2. The van der Waals surface area contributed by atoms with E-state index in [1.807, 2.05) is 0 Å². The van der Waals surface area contributed by atoms with Crippen molar-refractivity contribution in [2.24, 2.45) is 0 Å². The number of amides is 2. The molecule has 0 bridgehead atoms. The minimum absolute atomic E-state index is 0.281. The Balaban J connectivity index is 1.61. The van der Waals surface area contributed by atoms with Crippen LogP contribution in [0.3, 0.4) is 0 Å². The van der Waals surface area contributed by atoms with E-state index in [1.165, 1.54) is 23.5 Å². The highest BCUT2D eigenvalue weighted by Crippen LogP contribution is 2.24. The third-order valence-electron chi connectivity index (χ3n) is 3.90. The first-order valence-corrected chi connectivity index (χ1v) is 10.4. The lowest BCUT2D eigenvalue weighted by Crippen LogP contribution is -2.25. The van der Waals surface area contributed by atoms with E-state index in [2.05, 4.69) is 26.6 Å². The molecular formula is C20H15BrClFN2O2S. The minimum atomic E-state index is -0.328. The fourth-order valence-corrected chi connectivity index (χ4v) is 3.68. The molecule has 0 aliphatic heterocycles. The van der Waals surface area contributed by atoms with Crippen molar-refractivity contribution >= 4 is 56.4 Å². The Bertz CT molecular complexity index is 1010. The molecule has 2 aromatic carbocycles. The molecule has 0 saturated carbocycles. The van der Waals surface area contributed by atoms with E-state index in [4.69, 9.17) is 11.6 Å². The van der Waals surface area contributed by atoms with E-state index < -0.39 is 0 Å². The van der Waals surface area contributed by atoms with Crippen molar-refractivity contribution < 1.29 is 14.0 Å². The summed E-state index contributed by atoms with van der Waals surface area (Å²) in [6, 6.07) is 12.9. The van der Waals surface area contributed by atoms with Crippen molar-refractivity contribution in [3.63, 3.8) is 0 Å². The molecule has 0 fully saturated rings. The zero-order valence-electron chi connectivity index (χ0n) is 14.5. The maximum atomic E-state index is 13.3. The smallest absolute Gasteiger partial charge is 0.265 e. The molecule has 144 valence electrons. The lowest BCUT2D eigenvalue weighted by Gasteiger charge is -2.10. The second kappa shape index (κ2) is 9.32. The van der Waals surface area contributed by atoms with Crippen molar-refractivity contribution in [2.75, 3.05) is 11.9 Å². The molecule has 0 unspecified atom stereocenters. The van der Waals surface area contributed by atoms with Crippen molar-refractivity contribution in [3.05, 3.63) is 85.2 Å². The predicted molar refractivity (Wildman–Crippen MR) is 114 cm³/mol. The quantitative estimate of drug-likeness (QED) is 0.486. The topological polar surface area (TPSA) is 58.2 Å². The van der Waals surface area contributed by atoms with Crippen LogP contribution in [-0.2, 0) is 6.42 Å². The lowest BCUT2D eigenvalue weighted by atomic mass is 10.1. The Labute approximate surface area is 178 Å². The second-order valence-electron chi connectivity index (χ2n) is 5.88. The molecule has 0 radical (unpaired) electrons. The number of anilines is 1. The zero-order chi connectivity index (χ0) is 20.1. The molecule has 2 N–H and O–H groups in total. The maximum absolute atomic E-state index is 13.3. The molecule has 8 heteroatoms.